The van der Waals surface area contributed by atoms with Gasteiger partial charge in [-0.05, 0) is 6.07 Å². The van der Waals surface area contributed by atoms with Crippen molar-refractivity contribution in [2.45, 2.75) is 6.54 Å². The van der Waals surface area contributed by atoms with Gasteiger partial charge in [0.2, 0.25) is 0 Å². The standard InChI is InChI=1S/C9H8FNO/c10-8-3-1-2-6-7(8)4-11-5-9(6)12/h1-3,11H,4-5H2. The normalized spacial score (nSPS) is 15.9. The Hall–Kier alpha value is -1.22. The number of benzene rings is 1. The van der Waals surface area contributed by atoms with Gasteiger partial charge < -0.3 is 5.32 Å². The number of rotatable bonds is 0. The van der Waals surface area contributed by atoms with Crippen molar-refractivity contribution in [3.05, 3.63) is 35.1 Å². The van der Waals surface area contributed by atoms with Gasteiger partial charge in [-0.25, -0.2) is 4.39 Å². The minimum Gasteiger partial charge on any atom is -0.305 e. The van der Waals surface area contributed by atoms with Gasteiger partial charge in [0.1, 0.15) is 5.82 Å². The number of Topliss-reactive ketones (excluding diaryl/α,β-unsaturated/α-hetero) is 1. The van der Waals surface area contributed by atoms with Gasteiger partial charge in [-0.2, -0.15) is 0 Å². The van der Waals surface area contributed by atoms with Gasteiger partial charge in [-0.1, -0.05) is 12.1 Å². The van der Waals surface area contributed by atoms with Crippen LogP contribution in [0.2, 0.25) is 0 Å². The lowest BCUT2D eigenvalue weighted by atomic mass is 10.00. The molecule has 1 N–H and O–H groups in total. The molecule has 0 unspecified atom stereocenters. The van der Waals surface area contributed by atoms with Gasteiger partial charge in [0.05, 0.1) is 6.54 Å². The first-order valence-corrected chi connectivity index (χ1v) is 3.80. The number of halogens is 1. The van der Waals surface area contributed by atoms with Gasteiger partial charge in [-0.3, -0.25) is 4.79 Å². The first-order chi connectivity index (χ1) is 5.79. The predicted molar refractivity (Wildman–Crippen MR) is 42.4 cm³/mol. The van der Waals surface area contributed by atoms with E-state index in [1.165, 1.54) is 6.07 Å². The van der Waals surface area contributed by atoms with E-state index < -0.39 is 0 Å². The second kappa shape index (κ2) is 2.68. The Bertz CT molecular complexity index is 335. The first-order valence-electron chi connectivity index (χ1n) is 3.80. The fourth-order valence-corrected chi connectivity index (χ4v) is 1.40. The van der Waals surface area contributed by atoms with Crippen LogP contribution < -0.4 is 5.32 Å². The number of carbonyl (C=O) groups is 1. The second-order valence-electron chi connectivity index (χ2n) is 2.79. The zero-order chi connectivity index (χ0) is 8.55. The SMILES string of the molecule is O=C1CNCc2c(F)cccc21. The van der Waals surface area contributed by atoms with Gasteiger partial charge >= 0.3 is 0 Å². The van der Waals surface area contributed by atoms with Gasteiger partial charge in [0.15, 0.2) is 5.78 Å². The third-order valence-electron chi connectivity index (χ3n) is 2.01. The summed E-state index contributed by atoms with van der Waals surface area (Å²) < 4.78 is 13.1. The summed E-state index contributed by atoms with van der Waals surface area (Å²) in [5.41, 5.74) is 1.02. The lowest BCUT2D eigenvalue weighted by Crippen LogP contribution is -2.30. The minimum absolute atomic E-state index is 0.0317. The van der Waals surface area contributed by atoms with Crippen molar-refractivity contribution >= 4 is 5.78 Å². The predicted octanol–water partition coefficient (Wildman–Crippen LogP) is 1.11. The maximum atomic E-state index is 13.1. The third kappa shape index (κ3) is 1.02. The molecule has 0 atom stereocenters. The molecule has 1 heterocycles. The second-order valence-corrected chi connectivity index (χ2v) is 2.79. The van der Waals surface area contributed by atoms with Crippen LogP contribution in [0.1, 0.15) is 15.9 Å². The first kappa shape index (κ1) is 7.43. The molecule has 0 saturated heterocycles. The quantitative estimate of drug-likeness (QED) is 0.624. The highest BCUT2D eigenvalue weighted by molar-refractivity contribution is 5.99. The summed E-state index contributed by atoms with van der Waals surface area (Å²) in [5, 5.41) is 2.84. The molecular weight excluding hydrogens is 157 g/mol. The van der Waals surface area contributed by atoms with Gasteiger partial charge in [-0.15, -0.1) is 0 Å². The maximum Gasteiger partial charge on any atom is 0.177 e. The van der Waals surface area contributed by atoms with E-state index >= 15 is 0 Å². The lowest BCUT2D eigenvalue weighted by Gasteiger charge is -2.15. The van der Waals surface area contributed by atoms with Crippen LogP contribution in [0, 0.1) is 5.82 Å². The van der Waals surface area contributed by atoms with Crippen molar-refractivity contribution in [2.75, 3.05) is 6.54 Å². The van der Waals surface area contributed by atoms with Gasteiger partial charge in [0, 0.05) is 17.7 Å². The molecule has 62 valence electrons. The Morgan fingerprint density at radius 1 is 1.33 bits per heavy atom. The maximum absolute atomic E-state index is 13.1. The van der Waals surface area contributed by atoms with Crippen molar-refractivity contribution in [1.82, 2.24) is 5.32 Å². The number of carbonyl (C=O) groups excluding carboxylic acids is 1. The van der Waals surface area contributed by atoms with E-state index in [4.69, 9.17) is 0 Å². The summed E-state index contributed by atoms with van der Waals surface area (Å²) in [4.78, 5) is 11.2. The van der Waals surface area contributed by atoms with E-state index in [0.29, 0.717) is 24.2 Å². The molecule has 0 radical (unpaired) electrons. The molecule has 0 saturated carbocycles. The van der Waals surface area contributed by atoms with Crippen molar-refractivity contribution in [2.24, 2.45) is 0 Å². The molecule has 0 aliphatic carbocycles. The number of ketones is 1. The lowest BCUT2D eigenvalue weighted by molar-refractivity contribution is 0.0981. The molecular formula is C9H8FNO. The molecule has 12 heavy (non-hydrogen) atoms. The Balaban J connectivity index is 2.59. The average molecular weight is 165 g/mol. The number of hydrogen-bond donors (Lipinski definition) is 1. The molecule has 1 aliphatic rings. The molecule has 0 fully saturated rings. The minimum atomic E-state index is -0.298. The Morgan fingerprint density at radius 2 is 2.17 bits per heavy atom. The van der Waals surface area contributed by atoms with Crippen LogP contribution >= 0.6 is 0 Å². The molecule has 2 rings (SSSR count). The summed E-state index contributed by atoms with van der Waals surface area (Å²) in [6.07, 6.45) is 0. The Labute approximate surface area is 69.4 Å². The zero-order valence-electron chi connectivity index (χ0n) is 6.43. The van der Waals surface area contributed by atoms with E-state index in [1.807, 2.05) is 0 Å². The molecule has 3 heteroatoms. The topological polar surface area (TPSA) is 29.1 Å². The van der Waals surface area contributed by atoms with Crippen LogP contribution in [0.5, 0.6) is 0 Å². The van der Waals surface area contributed by atoms with Gasteiger partial charge in [0.25, 0.3) is 0 Å². The van der Waals surface area contributed by atoms with Crippen molar-refractivity contribution in [3.8, 4) is 0 Å². The highest BCUT2D eigenvalue weighted by Gasteiger charge is 2.18. The highest BCUT2D eigenvalue weighted by atomic mass is 19.1. The molecule has 0 amide bonds. The summed E-state index contributed by atoms with van der Waals surface area (Å²) in [5.74, 6) is -0.330. The van der Waals surface area contributed by atoms with Crippen molar-refractivity contribution in [3.63, 3.8) is 0 Å². The van der Waals surface area contributed by atoms with Crippen LogP contribution in [0.25, 0.3) is 0 Å². The fraction of sp³-hybridized carbons (Fsp3) is 0.222. The number of hydrogen-bond acceptors (Lipinski definition) is 2. The van der Waals surface area contributed by atoms with Crippen molar-refractivity contribution < 1.29 is 9.18 Å². The molecule has 0 spiro atoms. The largest absolute Gasteiger partial charge is 0.305 e. The summed E-state index contributed by atoms with van der Waals surface area (Å²) in [6.45, 7) is 0.768. The number of nitrogens with one attached hydrogen (secondary N) is 1. The van der Waals surface area contributed by atoms with E-state index in [0.717, 1.165) is 0 Å². The average Bonchev–Trinajstić information content (AvgIpc) is 2.07. The van der Waals surface area contributed by atoms with E-state index in [1.54, 1.807) is 12.1 Å². The molecule has 1 aliphatic heterocycles. The molecule has 1 aromatic carbocycles. The van der Waals surface area contributed by atoms with Crippen LogP contribution in [0.4, 0.5) is 4.39 Å². The molecule has 2 nitrogen and oxygen atoms in total. The monoisotopic (exact) mass is 165 g/mol. The van der Waals surface area contributed by atoms with E-state index in [2.05, 4.69) is 5.32 Å². The molecule has 0 aromatic heterocycles. The number of fused-ring (bicyclic) bond motifs is 1. The Morgan fingerprint density at radius 3 is 2.92 bits per heavy atom. The van der Waals surface area contributed by atoms with Crippen LogP contribution in [-0.4, -0.2) is 12.3 Å². The third-order valence-corrected chi connectivity index (χ3v) is 2.01. The van der Waals surface area contributed by atoms with Crippen molar-refractivity contribution in [1.29, 1.82) is 0 Å². The summed E-state index contributed by atoms with van der Waals surface area (Å²) in [7, 11) is 0. The van der Waals surface area contributed by atoms with E-state index in [-0.39, 0.29) is 11.6 Å². The van der Waals surface area contributed by atoms with Crippen LogP contribution in [0.15, 0.2) is 18.2 Å². The van der Waals surface area contributed by atoms with Crippen LogP contribution in [0.3, 0.4) is 0 Å². The Kier molecular flexibility index (Phi) is 1.66. The zero-order valence-corrected chi connectivity index (χ0v) is 6.43. The fourth-order valence-electron chi connectivity index (χ4n) is 1.40. The summed E-state index contributed by atoms with van der Waals surface area (Å²) >= 11 is 0. The smallest absolute Gasteiger partial charge is 0.177 e. The van der Waals surface area contributed by atoms with Crippen LogP contribution in [-0.2, 0) is 6.54 Å². The van der Waals surface area contributed by atoms with E-state index in [9.17, 15) is 9.18 Å². The molecule has 1 aromatic rings. The highest BCUT2D eigenvalue weighted by Crippen LogP contribution is 2.16. The summed E-state index contributed by atoms with van der Waals surface area (Å²) in [6, 6.07) is 4.61. The molecule has 0 bridgehead atoms.